The van der Waals surface area contributed by atoms with Gasteiger partial charge in [-0.15, -0.1) is 0 Å². The summed E-state index contributed by atoms with van der Waals surface area (Å²) in [7, 11) is 0. The molecule has 1 aromatic heterocycles. The van der Waals surface area contributed by atoms with Crippen LogP contribution in [0.15, 0.2) is 59.7 Å². The maximum absolute atomic E-state index is 12.4. The average Bonchev–Trinajstić information content (AvgIpc) is 2.64. The molecule has 2 N–H and O–H groups in total. The monoisotopic (exact) mass is 336 g/mol. The summed E-state index contributed by atoms with van der Waals surface area (Å²) in [5.41, 5.74) is 3.53. The number of amides is 2. The van der Waals surface area contributed by atoms with E-state index in [2.05, 4.69) is 15.7 Å². The van der Waals surface area contributed by atoms with E-state index < -0.39 is 5.91 Å². The van der Waals surface area contributed by atoms with Gasteiger partial charge < -0.3 is 5.32 Å². The second kappa shape index (κ2) is 6.96. The number of benzene rings is 2. The van der Waals surface area contributed by atoms with E-state index in [1.54, 1.807) is 55.5 Å². The highest BCUT2D eigenvalue weighted by Crippen LogP contribution is 2.11. The average molecular weight is 336 g/mol. The first-order valence-corrected chi connectivity index (χ1v) is 7.76. The van der Waals surface area contributed by atoms with Gasteiger partial charge in [-0.05, 0) is 30.3 Å². The van der Waals surface area contributed by atoms with Gasteiger partial charge in [-0.2, -0.15) is 0 Å². The predicted molar refractivity (Wildman–Crippen MR) is 95.1 cm³/mol. The van der Waals surface area contributed by atoms with Crippen molar-refractivity contribution in [2.75, 3.05) is 10.7 Å². The SMILES string of the molecule is CCC(=O)Nc1cccc(C(=O)Nn2cnc3ccccc3c2=O)c1. The molecular weight excluding hydrogens is 320 g/mol. The Kier molecular flexibility index (Phi) is 4.56. The molecule has 0 aliphatic heterocycles. The molecule has 0 spiro atoms. The van der Waals surface area contributed by atoms with Crippen molar-refractivity contribution in [3.8, 4) is 0 Å². The minimum Gasteiger partial charge on any atom is -0.326 e. The van der Waals surface area contributed by atoms with Gasteiger partial charge in [-0.25, -0.2) is 9.66 Å². The van der Waals surface area contributed by atoms with Crippen molar-refractivity contribution in [2.24, 2.45) is 0 Å². The summed E-state index contributed by atoms with van der Waals surface area (Å²) >= 11 is 0. The molecule has 3 aromatic rings. The van der Waals surface area contributed by atoms with Crippen LogP contribution in [0, 0.1) is 0 Å². The minimum atomic E-state index is -0.480. The molecule has 0 fully saturated rings. The topological polar surface area (TPSA) is 93.1 Å². The molecule has 0 saturated carbocycles. The molecule has 126 valence electrons. The lowest BCUT2D eigenvalue weighted by Gasteiger charge is -2.10. The molecule has 7 nitrogen and oxygen atoms in total. The van der Waals surface area contributed by atoms with Gasteiger partial charge in [0, 0.05) is 17.7 Å². The number of hydrogen-bond donors (Lipinski definition) is 2. The number of fused-ring (bicyclic) bond motifs is 1. The molecule has 0 atom stereocenters. The molecule has 7 heteroatoms. The van der Waals surface area contributed by atoms with E-state index in [1.165, 1.54) is 6.33 Å². The van der Waals surface area contributed by atoms with Gasteiger partial charge in [-0.1, -0.05) is 25.1 Å². The summed E-state index contributed by atoms with van der Waals surface area (Å²) in [4.78, 5) is 40.4. The van der Waals surface area contributed by atoms with E-state index in [1.807, 2.05) is 0 Å². The molecular formula is C18H16N4O3. The van der Waals surface area contributed by atoms with Crippen molar-refractivity contribution < 1.29 is 9.59 Å². The number of nitrogens with zero attached hydrogens (tertiary/aromatic N) is 2. The first kappa shape index (κ1) is 16.4. The Labute approximate surface area is 143 Å². The van der Waals surface area contributed by atoms with Gasteiger partial charge in [0.25, 0.3) is 11.5 Å². The summed E-state index contributed by atoms with van der Waals surface area (Å²) in [6.45, 7) is 1.74. The molecule has 0 radical (unpaired) electrons. The lowest BCUT2D eigenvalue weighted by Crippen LogP contribution is -2.33. The third-order valence-corrected chi connectivity index (χ3v) is 3.62. The molecule has 0 aliphatic carbocycles. The Bertz CT molecular complexity index is 1010. The maximum atomic E-state index is 12.4. The molecule has 0 saturated heterocycles. The Morgan fingerprint density at radius 1 is 1.12 bits per heavy atom. The summed E-state index contributed by atoms with van der Waals surface area (Å²) in [5.74, 6) is -0.626. The zero-order valence-electron chi connectivity index (χ0n) is 13.5. The van der Waals surface area contributed by atoms with Crippen LogP contribution in [0.4, 0.5) is 5.69 Å². The van der Waals surface area contributed by atoms with Crippen molar-refractivity contribution in [3.63, 3.8) is 0 Å². The molecule has 3 rings (SSSR count). The highest BCUT2D eigenvalue weighted by molar-refractivity contribution is 6.01. The van der Waals surface area contributed by atoms with Gasteiger partial charge in [-0.3, -0.25) is 19.8 Å². The largest absolute Gasteiger partial charge is 0.326 e. The van der Waals surface area contributed by atoms with Crippen LogP contribution in [0.1, 0.15) is 23.7 Å². The lowest BCUT2D eigenvalue weighted by atomic mass is 10.2. The first-order chi connectivity index (χ1) is 12.1. The van der Waals surface area contributed by atoms with E-state index in [9.17, 15) is 14.4 Å². The first-order valence-electron chi connectivity index (χ1n) is 7.76. The van der Waals surface area contributed by atoms with Crippen molar-refractivity contribution >= 4 is 28.4 Å². The van der Waals surface area contributed by atoms with Crippen molar-refractivity contribution in [2.45, 2.75) is 13.3 Å². The zero-order valence-corrected chi connectivity index (χ0v) is 13.5. The van der Waals surface area contributed by atoms with Crippen LogP contribution in [-0.4, -0.2) is 21.5 Å². The summed E-state index contributed by atoms with van der Waals surface area (Å²) in [6.07, 6.45) is 1.61. The van der Waals surface area contributed by atoms with E-state index in [0.717, 1.165) is 4.68 Å². The second-order valence-corrected chi connectivity index (χ2v) is 5.36. The van der Waals surface area contributed by atoms with Crippen LogP contribution in [-0.2, 0) is 4.79 Å². The Morgan fingerprint density at radius 3 is 2.72 bits per heavy atom. The number of carbonyl (C=O) groups excluding carboxylic acids is 2. The number of aromatic nitrogens is 2. The van der Waals surface area contributed by atoms with Gasteiger partial charge in [0.05, 0.1) is 10.9 Å². The molecule has 0 aliphatic rings. The van der Waals surface area contributed by atoms with E-state index in [4.69, 9.17) is 0 Å². The highest BCUT2D eigenvalue weighted by Gasteiger charge is 2.10. The van der Waals surface area contributed by atoms with Gasteiger partial charge in [0.15, 0.2) is 0 Å². The van der Waals surface area contributed by atoms with Crippen molar-refractivity contribution in [1.82, 2.24) is 9.66 Å². The van der Waals surface area contributed by atoms with Gasteiger partial charge >= 0.3 is 0 Å². The molecule has 2 aromatic carbocycles. The number of nitrogens with one attached hydrogen (secondary N) is 2. The maximum Gasteiger partial charge on any atom is 0.280 e. The second-order valence-electron chi connectivity index (χ2n) is 5.36. The van der Waals surface area contributed by atoms with Gasteiger partial charge in [0.2, 0.25) is 5.91 Å². The molecule has 2 amide bonds. The predicted octanol–water partition coefficient (Wildman–Crippen LogP) is 2.13. The molecule has 0 bridgehead atoms. The third kappa shape index (κ3) is 3.55. The van der Waals surface area contributed by atoms with Crippen LogP contribution in [0.2, 0.25) is 0 Å². The zero-order chi connectivity index (χ0) is 17.8. The Balaban J connectivity index is 1.85. The number of carbonyl (C=O) groups is 2. The third-order valence-electron chi connectivity index (χ3n) is 3.62. The highest BCUT2D eigenvalue weighted by atomic mass is 16.2. The molecule has 25 heavy (non-hydrogen) atoms. The van der Waals surface area contributed by atoms with Crippen LogP contribution < -0.4 is 16.3 Å². The number of anilines is 1. The number of rotatable bonds is 4. The smallest absolute Gasteiger partial charge is 0.280 e. The Hall–Kier alpha value is -3.48. The van der Waals surface area contributed by atoms with Crippen molar-refractivity contribution in [1.29, 1.82) is 0 Å². The lowest BCUT2D eigenvalue weighted by molar-refractivity contribution is -0.115. The van der Waals surface area contributed by atoms with E-state index >= 15 is 0 Å². The molecule has 0 unspecified atom stereocenters. The minimum absolute atomic E-state index is 0.146. The van der Waals surface area contributed by atoms with E-state index in [-0.39, 0.29) is 11.5 Å². The molecule has 1 heterocycles. The van der Waals surface area contributed by atoms with Gasteiger partial charge in [0.1, 0.15) is 6.33 Å². The number of para-hydroxylation sites is 1. The summed E-state index contributed by atoms with van der Waals surface area (Å²) < 4.78 is 1.04. The van der Waals surface area contributed by atoms with Crippen LogP contribution in [0.25, 0.3) is 10.9 Å². The normalized spacial score (nSPS) is 10.4. The Morgan fingerprint density at radius 2 is 1.92 bits per heavy atom. The fraction of sp³-hybridized carbons (Fsp3) is 0.111. The van der Waals surface area contributed by atoms with Crippen LogP contribution in [0.5, 0.6) is 0 Å². The number of hydrogen-bond acceptors (Lipinski definition) is 4. The summed E-state index contributed by atoms with van der Waals surface area (Å²) in [6, 6.07) is 13.4. The van der Waals surface area contributed by atoms with Crippen LogP contribution >= 0.6 is 0 Å². The summed E-state index contributed by atoms with van der Waals surface area (Å²) in [5, 5.41) is 3.10. The fourth-order valence-electron chi connectivity index (χ4n) is 2.31. The van der Waals surface area contributed by atoms with Crippen molar-refractivity contribution in [3.05, 3.63) is 70.8 Å². The standard InChI is InChI=1S/C18H16N4O3/c1-2-16(23)20-13-7-5-6-12(10-13)17(24)21-22-11-19-15-9-4-3-8-14(15)18(22)25/h3-11H,2H2,1H3,(H,20,23)(H,21,24). The van der Waals surface area contributed by atoms with E-state index in [0.29, 0.717) is 28.6 Å². The van der Waals surface area contributed by atoms with Crippen LogP contribution in [0.3, 0.4) is 0 Å². The quantitative estimate of drug-likeness (QED) is 0.763. The fourth-order valence-corrected chi connectivity index (χ4v) is 2.31.